The molecule has 0 spiro atoms. The first-order valence-corrected chi connectivity index (χ1v) is 11.8. The highest BCUT2D eigenvalue weighted by molar-refractivity contribution is 5.44. The topological polar surface area (TPSA) is 12.0 Å². The Labute approximate surface area is 166 Å². The Morgan fingerprint density at radius 1 is 0.815 bits per heavy atom. The van der Waals surface area contributed by atoms with Crippen LogP contribution >= 0.6 is 0 Å². The normalized spacial score (nSPS) is 49.0. The van der Waals surface area contributed by atoms with Crippen LogP contribution in [0.4, 0.5) is 5.69 Å². The molecule has 0 saturated heterocycles. The van der Waals surface area contributed by atoms with Crippen LogP contribution in [0.3, 0.4) is 0 Å². The average Bonchev–Trinajstić information content (AvgIpc) is 3.00. The lowest BCUT2D eigenvalue weighted by atomic mass is 9.44. The van der Waals surface area contributed by atoms with E-state index in [0.717, 1.165) is 29.6 Å². The predicted octanol–water partition coefficient (Wildman–Crippen LogP) is 7.15. The van der Waals surface area contributed by atoms with Gasteiger partial charge in [-0.2, -0.15) is 0 Å². The van der Waals surface area contributed by atoms with Crippen LogP contribution in [0.5, 0.6) is 0 Å². The van der Waals surface area contributed by atoms with E-state index >= 15 is 0 Å². The second-order valence-electron chi connectivity index (χ2n) is 11.2. The van der Waals surface area contributed by atoms with Gasteiger partial charge in [0.15, 0.2) is 0 Å². The maximum absolute atomic E-state index is 3.95. The smallest absolute Gasteiger partial charge is 0.0342 e. The van der Waals surface area contributed by atoms with E-state index in [1.165, 1.54) is 63.5 Å². The van der Waals surface area contributed by atoms with Gasteiger partial charge in [-0.15, -0.1) is 0 Å². The van der Waals surface area contributed by atoms with E-state index in [2.05, 4.69) is 56.4 Å². The predicted molar refractivity (Wildman–Crippen MR) is 115 cm³/mol. The van der Waals surface area contributed by atoms with Gasteiger partial charge >= 0.3 is 0 Å². The largest absolute Gasteiger partial charge is 0.382 e. The van der Waals surface area contributed by atoms with Crippen molar-refractivity contribution in [2.24, 2.45) is 40.4 Å². The van der Waals surface area contributed by atoms with E-state index in [9.17, 15) is 0 Å². The molecule has 8 atom stereocenters. The molecule has 1 heteroatoms. The highest BCUT2D eigenvalue weighted by Crippen LogP contribution is 2.66. The number of nitrogens with one attached hydrogen (secondary N) is 1. The summed E-state index contributed by atoms with van der Waals surface area (Å²) in [6.45, 7) is 7.84. The summed E-state index contributed by atoms with van der Waals surface area (Å²) >= 11 is 0. The van der Waals surface area contributed by atoms with Crippen molar-refractivity contribution in [1.29, 1.82) is 0 Å². The Balaban J connectivity index is 1.37. The molecule has 4 fully saturated rings. The van der Waals surface area contributed by atoms with Crippen molar-refractivity contribution in [2.75, 3.05) is 5.32 Å². The summed E-state index contributed by atoms with van der Waals surface area (Å²) < 4.78 is 0. The fourth-order valence-electron chi connectivity index (χ4n) is 8.45. The zero-order chi connectivity index (χ0) is 18.6. The molecule has 0 radical (unpaired) electrons. The van der Waals surface area contributed by atoms with Gasteiger partial charge in [-0.05, 0) is 104 Å². The van der Waals surface area contributed by atoms with Crippen molar-refractivity contribution in [3.05, 3.63) is 30.3 Å². The molecule has 1 aromatic carbocycles. The molecule has 8 unspecified atom stereocenters. The third kappa shape index (κ3) is 2.78. The first-order valence-electron chi connectivity index (χ1n) is 11.8. The maximum Gasteiger partial charge on any atom is 0.0342 e. The van der Waals surface area contributed by atoms with Crippen molar-refractivity contribution in [2.45, 2.75) is 84.6 Å². The van der Waals surface area contributed by atoms with Crippen LogP contribution in [0.1, 0.15) is 78.6 Å². The van der Waals surface area contributed by atoms with Crippen molar-refractivity contribution in [3.8, 4) is 0 Å². The molecule has 4 aliphatic carbocycles. The third-order valence-electron chi connectivity index (χ3n) is 10.0. The minimum Gasteiger partial charge on any atom is -0.382 e. The van der Waals surface area contributed by atoms with E-state index in [1.807, 2.05) is 0 Å². The van der Waals surface area contributed by atoms with Gasteiger partial charge in [0.2, 0.25) is 0 Å². The van der Waals surface area contributed by atoms with Gasteiger partial charge in [-0.25, -0.2) is 0 Å². The first kappa shape index (κ1) is 18.1. The van der Waals surface area contributed by atoms with Gasteiger partial charge in [-0.1, -0.05) is 45.4 Å². The van der Waals surface area contributed by atoms with Crippen LogP contribution in [-0.2, 0) is 0 Å². The molecule has 148 valence electrons. The summed E-state index contributed by atoms with van der Waals surface area (Å²) in [6, 6.07) is 11.6. The van der Waals surface area contributed by atoms with Crippen LogP contribution < -0.4 is 5.32 Å². The van der Waals surface area contributed by atoms with Gasteiger partial charge in [0.1, 0.15) is 0 Å². The van der Waals surface area contributed by atoms with Crippen molar-refractivity contribution in [3.63, 3.8) is 0 Å². The fourth-order valence-corrected chi connectivity index (χ4v) is 8.45. The fraction of sp³-hybridized carbons (Fsp3) is 0.769. The quantitative estimate of drug-likeness (QED) is 0.587. The monoisotopic (exact) mass is 365 g/mol. The highest BCUT2D eigenvalue weighted by Gasteiger charge is 2.59. The number of anilines is 1. The number of rotatable bonds is 2. The number of hydrogen-bond acceptors (Lipinski definition) is 1. The summed E-state index contributed by atoms with van der Waals surface area (Å²) in [5.41, 5.74) is 2.48. The Kier molecular flexibility index (Phi) is 4.37. The molecule has 0 aliphatic heterocycles. The van der Waals surface area contributed by atoms with E-state index in [-0.39, 0.29) is 0 Å². The van der Waals surface area contributed by atoms with Gasteiger partial charge < -0.3 is 5.32 Å². The molecule has 1 N–H and O–H groups in total. The standard InChI is InChI=1S/C26H39N/c1-18-13-15-25(2)19(17-18)9-10-21-22-11-12-24(26(22,3)16-14-23(21)25)27-20-7-5-4-6-8-20/h4-8,18-19,21-24,27H,9-17H2,1-3H3. The lowest BCUT2D eigenvalue weighted by Gasteiger charge is -2.61. The summed E-state index contributed by atoms with van der Waals surface area (Å²) in [4.78, 5) is 0. The summed E-state index contributed by atoms with van der Waals surface area (Å²) in [5, 5.41) is 3.95. The second kappa shape index (κ2) is 6.53. The van der Waals surface area contributed by atoms with Crippen LogP contribution in [0.15, 0.2) is 30.3 Å². The van der Waals surface area contributed by atoms with Crippen LogP contribution in [0, 0.1) is 40.4 Å². The molecule has 1 nitrogen and oxygen atoms in total. The Bertz CT molecular complexity index is 668. The third-order valence-corrected chi connectivity index (χ3v) is 10.0. The summed E-state index contributed by atoms with van der Waals surface area (Å²) in [5.74, 6) is 4.96. The zero-order valence-corrected chi connectivity index (χ0v) is 17.7. The van der Waals surface area contributed by atoms with Crippen LogP contribution in [0.2, 0.25) is 0 Å². The Hall–Kier alpha value is -0.980. The molecule has 4 aliphatic rings. The maximum atomic E-state index is 3.95. The van der Waals surface area contributed by atoms with E-state index < -0.39 is 0 Å². The molecule has 0 bridgehead atoms. The molecule has 0 aromatic heterocycles. The Morgan fingerprint density at radius 3 is 2.37 bits per heavy atom. The van der Waals surface area contributed by atoms with Crippen molar-refractivity contribution < 1.29 is 0 Å². The number of para-hydroxylation sites is 1. The summed E-state index contributed by atoms with van der Waals surface area (Å²) in [7, 11) is 0. The molecular weight excluding hydrogens is 326 g/mol. The molecule has 27 heavy (non-hydrogen) atoms. The van der Waals surface area contributed by atoms with E-state index in [4.69, 9.17) is 0 Å². The zero-order valence-electron chi connectivity index (χ0n) is 17.7. The van der Waals surface area contributed by atoms with Crippen LogP contribution in [0.25, 0.3) is 0 Å². The SMILES string of the molecule is CC1CCC2(C)C(CCC3C2CCC2(C)C(Nc4ccccc4)CCC32)C1. The van der Waals surface area contributed by atoms with Gasteiger partial charge in [-0.3, -0.25) is 0 Å². The van der Waals surface area contributed by atoms with Crippen molar-refractivity contribution in [1.82, 2.24) is 0 Å². The molecule has 5 rings (SSSR count). The molecule has 4 saturated carbocycles. The van der Waals surface area contributed by atoms with Crippen molar-refractivity contribution >= 4 is 5.69 Å². The molecule has 1 aromatic rings. The van der Waals surface area contributed by atoms with Crippen LogP contribution in [-0.4, -0.2) is 6.04 Å². The molecular formula is C26H39N. The lowest BCUT2D eigenvalue weighted by Crippen LogP contribution is -2.54. The lowest BCUT2D eigenvalue weighted by molar-refractivity contribution is -0.111. The number of benzene rings is 1. The highest BCUT2D eigenvalue weighted by atomic mass is 15.0. The minimum absolute atomic E-state index is 0.502. The molecule has 0 heterocycles. The minimum atomic E-state index is 0.502. The average molecular weight is 366 g/mol. The van der Waals surface area contributed by atoms with Gasteiger partial charge in [0.25, 0.3) is 0 Å². The van der Waals surface area contributed by atoms with E-state index in [1.54, 1.807) is 0 Å². The second-order valence-corrected chi connectivity index (χ2v) is 11.2. The summed E-state index contributed by atoms with van der Waals surface area (Å²) in [6.07, 6.45) is 13.3. The van der Waals surface area contributed by atoms with E-state index in [0.29, 0.717) is 16.9 Å². The van der Waals surface area contributed by atoms with Gasteiger partial charge in [0, 0.05) is 11.7 Å². The molecule has 0 amide bonds. The van der Waals surface area contributed by atoms with Gasteiger partial charge in [0.05, 0.1) is 0 Å². The number of hydrogen-bond donors (Lipinski definition) is 1. The first-order chi connectivity index (χ1) is 13.0. The number of fused-ring (bicyclic) bond motifs is 5. The Morgan fingerprint density at radius 2 is 1.56 bits per heavy atom.